The third kappa shape index (κ3) is 5.14. The van der Waals surface area contributed by atoms with Crippen LogP contribution < -0.4 is 15.5 Å². The van der Waals surface area contributed by atoms with Crippen molar-refractivity contribution in [3.8, 4) is 0 Å². The number of fused-ring (bicyclic) bond motifs is 1. The van der Waals surface area contributed by atoms with Crippen LogP contribution in [0.2, 0.25) is 5.15 Å². The summed E-state index contributed by atoms with van der Waals surface area (Å²) in [4.78, 5) is 39.6. The quantitative estimate of drug-likeness (QED) is 0.392. The van der Waals surface area contributed by atoms with E-state index in [2.05, 4.69) is 25.5 Å². The fourth-order valence-electron chi connectivity index (χ4n) is 4.43. The summed E-state index contributed by atoms with van der Waals surface area (Å²) in [7, 11) is 0. The molecule has 1 saturated carbocycles. The minimum Gasteiger partial charge on any atom is -0.462 e. The second-order valence-corrected chi connectivity index (χ2v) is 10.3. The smallest absolute Gasteiger partial charge is 0.339 e. The Morgan fingerprint density at radius 3 is 2.77 bits per heavy atom. The molecule has 11 heteroatoms. The lowest BCUT2D eigenvalue weighted by molar-refractivity contribution is 0.0528. The molecule has 0 spiro atoms. The Bertz CT molecular complexity index is 1240. The van der Waals surface area contributed by atoms with E-state index < -0.39 is 0 Å². The second kappa shape index (κ2) is 10.1. The van der Waals surface area contributed by atoms with E-state index in [1.807, 2.05) is 19.1 Å². The Morgan fingerprint density at radius 2 is 2.06 bits per heavy atom. The summed E-state index contributed by atoms with van der Waals surface area (Å²) in [5.41, 5.74) is 2.10. The van der Waals surface area contributed by atoms with E-state index in [4.69, 9.17) is 21.3 Å². The number of rotatable bonds is 8. The van der Waals surface area contributed by atoms with E-state index in [9.17, 15) is 9.59 Å². The molecule has 1 saturated heterocycles. The molecule has 9 nitrogen and oxygen atoms in total. The fourth-order valence-corrected chi connectivity index (χ4v) is 5.80. The molecule has 2 unspecified atom stereocenters. The fraction of sp³-hybridized carbons (Fsp3) is 0.500. The summed E-state index contributed by atoms with van der Waals surface area (Å²) in [6.07, 6.45) is 3.74. The number of aryl methyl sites for hydroxylation is 1. The molecule has 1 aliphatic heterocycles. The van der Waals surface area contributed by atoms with Crippen molar-refractivity contribution in [2.24, 2.45) is 0 Å². The number of nitrogens with zero attached hydrogens (tertiary/aromatic N) is 3. The van der Waals surface area contributed by atoms with Gasteiger partial charge in [-0.2, -0.15) is 0 Å². The minimum absolute atomic E-state index is 0.0437. The van der Waals surface area contributed by atoms with Crippen molar-refractivity contribution in [1.82, 2.24) is 25.6 Å². The molecule has 3 aromatic rings. The predicted molar refractivity (Wildman–Crippen MR) is 137 cm³/mol. The lowest BCUT2D eigenvalue weighted by Crippen LogP contribution is -2.60. The van der Waals surface area contributed by atoms with Gasteiger partial charge >= 0.3 is 5.97 Å². The van der Waals surface area contributed by atoms with Gasteiger partial charge in [-0.1, -0.05) is 35.9 Å². The molecule has 2 aromatic heterocycles. The number of benzene rings is 1. The van der Waals surface area contributed by atoms with Crippen LogP contribution in [-0.2, 0) is 11.2 Å². The zero-order valence-electron chi connectivity index (χ0n) is 19.8. The molecule has 1 aromatic carbocycles. The number of anilines is 1. The van der Waals surface area contributed by atoms with Crippen molar-refractivity contribution >= 4 is 50.2 Å². The summed E-state index contributed by atoms with van der Waals surface area (Å²) in [6, 6.07) is 6.04. The topological polar surface area (TPSA) is 112 Å². The van der Waals surface area contributed by atoms with Crippen molar-refractivity contribution < 1.29 is 14.3 Å². The van der Waals surface area contributed by atoms with Crippen LogP contribution in [0, 0.1) is 0 Å². The molecule has 2 fully saturated rings. The number of imidazole rings is 1. The molecule has 0 radical (unpaired) electrons. The molecular weight excluding hydrogens is 488 g/mol. The summed E-state index contributed by atoms with van der Waals surface area (Å²) in [6.45, 7) is 5.54. The number of halogens is 1. The van der Waals surface area contributed by atoms with Gasteiger partial charge in [0.2, 0.25) is 0 Å². The van der Waals surface area contributed by atoms with Crippen molar-refractivity contribution in [2.75, 3.05) is 24.6 Å². The molecule has 1 amide bonds. The highest BCUT2D eigenvalue weighted by Gasteiger charge is 2.36. The van der Waals surface area contributed by atoms with E-state index in [0.717, 1.165) is 46.8 Å². The number of piperidine rings is 1. The number of esters is 1. The molecule has 0 bridgehead atoms. The number of aromatic amines is 1. The largest absolute Gasteiger partial charge is 0.462 e. The van der Waals surface area contributed by atoms with Gasteiger partial charge in [0.25, 0.3) is 5.91 Å². The number of thiazole rings is 1. The van der Waals surface area contributed by atoms with Crippen LogP contribution in [0.25, 0.3) is 10.2 Å². The zero-order valence-corrected chi connectivity index (χ0v) is 21.3. The van der Waals surface area contributed by atoms with E-state index in [1.165, 1.54) is 11.3 Å². The van der Waals surface area contributed by atoms with Crippen molar-refractivity contribution in [1.29, 1.82) is 0 Å². The average molecular weight is 517 g/mol. The Kier molecular flexibility index (Phi) is 6.95. The highest BCUT2D eigenvalue weighted by Crippen LogP contribution is 2.34. The maximum atomic E-state index is 12.9. The first kappa shape index (κ1) is 24.0. The molecule has 5 rings (SSSR count). The van der Waals surface area contributed by atoms with E-state index >= 15 is 0 Å². The number of H-pyrrole nitrogens is 1. The number of hydrogen-bond donors (Lipinski definition) is 3. The summed E-state index contributed by atoms with van der Waals surface area (Å²) in [5, 5.41) is 8.07. The molecule has 3 heterocycles. The minimum atomic E-state index is -0.327. The van der Waals surface area contributed by atoms with Gasteiger partial charge in [-0.3, -0.25) is 4.79 Å². The van der Waals surface area contributed by atoms with Crippen molar-refractivity contribution in [3.63, 3.8) is 0 Å². The van der Waals surface area contributed by atoms with Gasteiger partial charge in [0.15, 0.2) is 16.1 Å². The SMILES string of the molecule is CCOC(=O)c1cccc2nc(N3CCC(NC(=O)c4nc(Cl)c(CC)[nH]4)C(NC4CC4)C3)sc12. The van der Waals surface area contributed by atoms with Crippen LogP contribution in [0.5, 0.6) is 0 Å². The number of amides is 1. The summed E-state index contributed by atoms with van der Waals surface area (Å²) < 4.78 is 6.06. The molecule has 2 aliphatic rings. The average Bonchev–Trinajstić information content (AvgIpc) is 3.42. The standard InChI is InChI=1S/C24H29ClN6O3S/c1-3-15-20(25)30-21(27-15)22(32)28-16-10-11-31(12-18(16)26-13-8-9-13)24-29-17-7-5-6-14(19(17)35-24)23(33)34-4-2/h5-7,13,16,18,26H,3-4,8-12H2,1-2H3,(H,27,30)(H,28,32). The van der Waals surface area contributed by atoms with E-state index in [0.29, 0.717) is 36.3 Å². The van der Waals surface area contributed by atoms with Gasteiger partial charge < -0.3 is 25.3 Å². The number of aromatic nitrogens is 3. The normalized spacial score (nSPS) is 20.3. The van der Waals surface area contributed by atoms with Crippen LogP contribution >= 0.6 is 22.9 Å². The third-order valence-corrected chi connectivity index (χ3v) is 7.90. The van der Waals surface area contributed by atoms with E-state index in [1.54, 1.807) is 13.0 Å². The van der Waals surface area contributed by atoms with Gasteiger partial charge in [-0.25, -0.2) is 14.8 Å². The third-order valence-electron chi connectivity index (χ3n) is 6.42. The van der Waals surface area contributed by atoms with E-state index in [-0.39, 0.29) is 29.8 Å². The highest BCUT2D eigenvalue weighted by atomic mass is 35.5. The lowest BCUT2D eigenvalue weighted by atomic mass is 9.99. The molecule has 186 valence electrons. The van der Waals surface area contributed by atoms with Crippen LogP contribution in [0.4, 0.5) is 5.13 Å². The maximum Gasteiger partial charge on any atom is 0.339 e. The molecule has 1 aliphatic carbocycles. The van der Waals surface area contributed by atoms with Gasteiger partial charge in [-0.05, 0) is 44.7 Å². The monoisotopic (exact) mass is 516 g/mol. The Labute approximate surface area is 212 Å². The predicted octanol–water partition coefficient (Wildman–Crippen LogP) is 3.54. The van der Waals surface area contributed by atoms with Gasteiger partial charge in [0, 0.05) is 31.2 Å². The first-order chi connectivity index (χ1) is 17.0. The van der Waals surface area contributed by atoms with Crippen molar-refractivity contribution in [3.05, 3.63) is 40.4 Å². The Hall–Kier alpha value is -2.69. The highest BCUT2D eigenvalue weighted by molar-refractivity contribution is 7.22. The number of ether oxygens (including phenoxy) is 1. The molecule has 2 atom stereocenters. The first-order valence-electron chi connectivity index (χ1n) is 12.1. The zero-order chi connectivity index (χ0) is 24.5. The van der Waals surface area contributed by atoms with Gasteiger partial charge in [0.1, 0.15) is 0 Å². The van der Waals surface area contributed by atoms with Crippen LogP contribution in [-0.4, -0.2) is 64.7 Å². The first-order valence-corrected chi connectivity index (χ1v) is 13.3. The molecule has 3 N–H and O–H groups in total. The number of nitrogens with one attached hydrogen (secondary N) is 3. The van der Waals surface area contributed by atoms with Gasteiger partial charge in [-0.15, -0.1) is 0 Å². The van der Waals surface area contributed by atoms with Gasteiger partial charge in [0.05, 0.1) is 28.1 Å². The maximum absolute atomic E-state index is 12.9. The second-order valence-electron chi connectivity index (χ2n) is 8.94. The number of carbonyl (C=O) groups is 2. The molecule has 35 heavy (non-hydrogen) atoms. The Balaban J connectivity index is 1.33. The molecular formula is C24H29ClN6O3S. The summed E-state index contributed by atoms with van der Waals surface area (Å²) in [5.74, 6) is -0.323. The number of carbonyl (C=O) groups excluding carboxylic acids is 2. The van der Waals surface area contributed by atoms with Crippen LogP contribution in [0.15, 0.2) is 18.2 Å². The van der Waals surface area contributed by atoms with Crippen LogP contribution in [0.1, 0.15) is 59.8 Å². The van der Waals surface area contributed by atoms with Crippen molar-refractivity contribution in [2.45, 2.75) is 57.7 Å². The Morgan fingerprint density at radius 1 is 1.23 bits per heavy atom. The summed E-state index contributed by atoms with van der Waals surface area (Å²) >= 11 is 7.64. The lowest BCUT2D eigenvalue weighted by Gasteiger charge is -2.39. The van der Waals surface area contributed by atoms with Crippen LogP contribution in [0.3, 0.4) is 0 Å². The number of hydrogen-bond acceptors (Lipinski definition) is 8.